The summed E-state index contributed by atoms with van der Waals surface area (Å²) in [6.45, 7) is 3.21. The molecule has 0 aliphatic carbocycles. The number of fused-ring (bicyclic) bond motifs is 1. The fourth-order valence-electron chi connectivity index (χ4n) is 3.67. The molecule has 3 rings (SSSR count). The fraction of sp³-hybridized carbons (Fsp3) is 0.696. The summed E-state index contributed by atoms with van der Waals surface area (Å²) in [5, 5.41) is 20.3. The zero-order valence-electron chi connectivity index (χ0n) is 19.7. The van der Waals surface area contributed by atoms with Gasteiger partial charge in [-0.3, -0.25) is 4.99 Å². The standard InChI is InChI=1S/C23H35NO10/c1-27-22-19(15-25)34-23(28-2)20(21(22)26)24-14-16-3-4-17-18(13-16)33-12-10-31-8-6-29-5-7-30-9-11-32-17/h3-4,13-14,19-23,25-26H,5-12,15H2,1-2H3. The van der Waals surface area contributed by atoms with Crippen molar-refractivity contribution in [2.75, 3.05) is 73.7 Å². The summed E-state index contributed by atoms with van der Waals surface area (Å²) in [5.74, 6) is 1.12. The number of benzene rings is 1. The second-order valence-electron chi connectivity index (χ2n) is 7.66. The maximum atomic E-state index is 10.8. The lowest BCUT2D eigenvalue weighted by Gasteiger charge is -2.41. The third-order valence-corrected chi connectivity index (χ3v) is 5.40. The van der Waals surface area contributed by atoms with Crippen molar-refractivity contribution in [2.24, 2.45) is 4.99 Å². The molecule has 1 aromatic carbocycles. The van der Waals surface area contributed by atoms with Gasteiger partial charge in [0.1, 0.15) is 37.6 Å². The van der Waals surface area contributed by atoms with E-state index in [1.807, 2.05) is 6.07 Å². The Bertz CT molecular complexity index is 748. The van der Waals surface area contributed by atoms with Crippen molar-refractivity contribution in [1.29, 1.82) is 0 Å². The summed E-state index contributed by atoms with van der Waals surface area (Å²) >= 11 is 0. The fourth-order valence-corrected chi connectivity index (χ4v) is 3.67. The molecule has 192 valence electrons. The molecule has 0 bridgehead atoms. The smallest absolute Gasteiger partial charge is 0.182 e. The van der Waals surface area contributed by atoms with Gasteiger partial charge in [-0.25, -0.2) is 0 Å². The van der Waals surface area contributed by atoms with Gasteiger partial charge >= 0.3 is 0 Å². The Hall–Kier alpha value is -1.83. The Labute approximate surface area is 199 Å². The quantitative estimate of drug-likeness (QED) is 0.552. The second-order valence-corrected chi connectivity index (χ2v) is 7.66. The van der Waals surface area contributed by atoms with Gasteiger partial charge in [-0.15, -0.1) is 0 Å². The highest BCUT2D eigenvalue weighted by atomic mass is 16.7. The van der Waals surface area contributed by atoms with Crippen LogP contribution in [0.3, 0.4) is 0 Å². The molecule has 11 nitrogen and oxygen atoms in total. The summed E-state index contributed by atoms with van der Waals surface area (Å²) in [6, 6.07) is 4.66. The molecule has 0 saturated carbocycles. The molecule has 2 aliphatic heterocycles. The first kappa shape index (κ1) is 26.8. The van der Waals surface area contributed by atoms with Gasteiger partial charge in [-0.2, -0.15) is 0 Å². The van der Waals surface area contributed by atoms with Crippen LogP contribution in [0.5, 0.6) is 11.5 Å². The summed E-state index contributed by atoms with van der Waals surface area (Å²) in [7, 11) is 2.90. The van der Waals surface area contributed by atoms with Crippen LogP contribution in [0.2, 0.25) is 0 Å². The van der Waals surface area contributed by atoms with Crippen molar-refractivity contribution in [1.82, 2.24) is 0 Å². The topological polar surface area (TPSA) is 127 Å². The van der Waals surface area contributed by atoms with E-state index in [4.69, 9.17) is 37.9 Å². The SMILES string of the molecule is COC1OC(CO)C(OC)C(O)C1N=Cc1ccc2c(c1)OCCOCCOCCOCCO2. The van der Waals surface area contributed by atoms with Crippen LogP contribution in [0.4, 0.5) is 0 Å². The van der Waals surface area contributed by atoms with Gasteiger partial charge in [-0.1, -0.05) is 0 Å². The molecule has 5 unspecified atom stereocenters. The number of aliphatic hydroxyl groups excluding tert-OH is 2. The molecule has 0 spiro atoms. The van der Waals surface area contributed by atoms with E-state index in [1.54, 1.807) is 18.3 Å². The summed E-state index contributed by atoms with van der Waals surface area (Å²) in [6.07, 6.45) is -1.71. The van der Waals surface area contributed by atoms with Crippen LogP contribution in [0.15, 0.2) is 23.2 Å². The van der Waals surface area contributed by atoms with Crippen molar-refractivity contribution in [3.05, 3.63) is 23.8 Å². The predicted octanol–water partition coefficient (Wildman–Crippen LogP) is 0.0346. The average molecular weight is 486 g/mol. The third-order valence-electron chi connectivity index (χ3n) is 5.40. The van der Waals surface area contributed by atoms with Crippen LogP contribution in [-0.4, -0.2) is 121 Å². The van der Waals surface area contributed by atoms with Gasteiger partial charge in [0.15, 0.2) is 17.8 Å². The highest BCUT2D eigenvalue weighted by molar-refractivity contribution is 5.81. The summed E-state index contributed by atoms with van der Waals surface area (Å²) < 4.78 is 44.5. The minimum Gasteiger partial charge on any atom is -0.487 e. The Kier molecular flexibility index (Phi) is 11.4. The Morgan fingerprint density at radius 3 is 2.12 bits per heavy atom. The molecule has 5 atom stereocenters. The van der Waals surface area contributed by atoms with Crippen molar-refractivity contribution in [2.45, 2.75) is 30.6 Å². The molecular weight excluding hydrogens is 450 g/mol. The van der Waals surface area contributed by atoms with Crippen molar-refractivity contribution in [3.8, 4) is 11.5 Å². The Morgan fingerprint density at radius 2 is 1.53 bits per heavy atom. The number of methoxy groups -OCH3 is 2. The molecule has 2 N–H and O–H groups in total. The average Bonchev–Trinajstić information content (AvgIpc) is 2.86. The van der Waals surface area contributed by atoms with Crippen LogP contribution >= 0.6 is 0 Å². The highest BCUT2D eigenvalue weighted by Crippen LogP contribution is 2.29. The van der Waals surface area contributed by atoms with Gasteiger partial charge in [0.05, 0.1) is 46.2 Å². The number of rotatable bonds is 5. The van der Waals surface area contributed by atoms with Crippen molar-refractivity contribution < 1.29 is 48.1 Å². The third kappa shape index (κ3) is 7.59. The van der Waals surface area contributed by atoms with Crippen LogP contribution in [0.25, 0.3) is 0 Å². The van der Waals surface area contributed by atoms with E-state index in [-0.39, 0.29) is 6.61 Å². The molecule has 0 radical (unpaired) electrons. The molecule has 11 heteroatoms. The van der Waals surface area contributed by atoms with Crippen molar-refractivity contribution >= 4 is 6.21 Å². The van der Waals surface area contributed by atoms with E-state index in [2.05, 4.69) is 4.99 Å². The first-order valence-electron chi connectivity index (χ1n) is 11.3. The number of aliphatic hydroxyl groups is 2. The molecule has 2 heterocycles. The normalized spacial score (nSPS) is 29.9. The summed E-state index contributed by atoms with van der Waals surface area (Å²) in [5.41, 5.74) is 0.728. The zero-order valence-corrected chi connectivity index (χ0v) is 19.7. The number of hydrogen-bond donors (Lipinski definition) is 2. The molecule has 0 amide bonds. The van der Waals surface area contributed by atoms with Gasteiger partial charge in [0.2, 0.25) is 0 Å². The Morgan fingerprint density at radius 1 is 0.912 bits per heavy atom. The first-order chi connectivity index (χ1) is 16.7. The highest BCUT2D eigenvalue weighted by Gasteiger charge is 2.45. The lowest BCUT2D eigenvalue weighted by Crippen LogP contribution is -2.59. The van der Waals surface area contributed by atoms with E-state index in [9.17, 15) is 10.2 Å². The zero-order chi connectivity index (χ0) is 24.2. The number of ether oxygens (including phenoxy) is 8. The van der Waals surface area contributed by atoms with Crippen LogP contribution in [-0.2, 0) is 28.4 Å². The number of aliphatic imine (C=N–C) groups is 1. The van der Waals surface area contributed by atoms with Gasteiger partial charge in [-0.05, 0) is 23.8 Å². The molecule has 1 saturated heterocycles. The maximum Gasteiger partial charge on any atom is 0.182 e. The lowest BCUT2D eigenvalue weighted by molar-refractivity contribution is -0.262. The largest absolute Gasteiger partial charge is 0.487 e. The molecule has 0 aromatic heterocycles. The second kappa shape index (κ2) is 14.5. The minimum atomic E-state index is -1.03. The number of hydrogen-bond acceptors (Lipinski definition) is 11. The maximum absolute atomic E-state index is 10.8. The van der Waals surface area contributed by atoms with E-state index in [0.29, 0.717) is 64.4 Å². The first-order valence-corrected chi connectivity index (χ1v) is 11.3. The van der Waals surface area contributed by atoms with Gasteiger partial charge in [0.25, 0.3) is 0 Å². The predicted molar refractivity (Wildman–Crippen MR) is 121 cm³/mol. The van der Waals surface area contributed by atoms with Crippen LogP contribution < -0.4 is 9.47 Å². The number of nitrogens with zero attached hydrogens (tertiary/aromatic N) is 1. The van der Waals surface area contributed by atoms with Crippen LogP contribution in [0.1, 0.15) is 5.56 Å². The van der Waals surface area contributed by atoms with Crippen molar-refractivity contribution in [3.63, 3.8) is 0 Å². The molecule has 2 aliphatic rings. The van der Waals surface area contributed by atoms with E-state index in [1.165, 1.54) is 14.2 Å². The molecule has 1 fully saturated rings. The summed E-state index contributed by atoms with van der Waals surface area (Å²) in [4.78, 5) is 4.50. The lowest BCUT2D eigenvalue weighted by atomic mass is 9.97. The van der Waals surface area contributed by atoms with E-state index in [0.717, 1.165) is 5.56 Å². The van der Waals surface area contributed by atoms with Gasteiger partial charge < -0.3 is 48.1 Å². The molecule has 34 heavy (non-hydrogen) atoms. The van der Waals surface area contributed by atoms with E-state index >= 15 is 0 Å². The van der Waals surface area contributed by atoms with E-state index < -0.39 is 30.6 Å². The Balaban J connectivity index is 1.72. The minimum absolute atomic E-state index is 0.310. The molecular formula is C23H35NO10. The molecule has 1 aromatic rings. The van der Waals surface area contributed by atoms with Gasteiger partial charge in [0, 0.05) is 20.4 Å². The van der Waals surface area contributed by atoms with Crippen LogP contribution in [0, 0.1) is 0 Å². The monoisotopic (exact) mass is 485 g/mol.